The number of hydrogen-bond acceptors (Lipinski definition) is 3. The Hall–Kier alpha value is -1.70. The van der Waals surface area contributed by atoms with Gasteiger partial charge in [0.25, 0.3) is 0 Å². The standard InChI is InChI=1S/C8H7F3N2.C2H4O2S/c9-8(10,11)6-3-1-5(2-4-6)7(12)13;3-2(4)1-5/h1-4H,(H3,12,13);5H,1H2,(H,3,4). The Morgan fingerprint density at radius 1 is 1.33 bits per heavy atom. The zero-order valence-corrected chi connectivity index (χ0v) is 9.92. The molecule has 0 atom stereocenters. The predicted molar refractivity (Wildman–Crippen MR) is 63.9 cm³/mol. The first-order valence-corrected chi connectivity index (χ1v) is 5.16. The summed E-state index contributed by atoms with van der Waals surface area (Å²) in [6, 6.07) is 4.14. The van der Waals surface area contributed by atoms with Crippen LogP contribution in [0, 0.1) is 5.41 Å². The predicted octanol–water partition coefficient (Wildman–Crippen LogP) is 1.99. The molecule has 0 aromatic heterocycles. The van der Waals surface area contributed by atoms with E-state index in [2.05, 4.69) is 12.6 Å². The number of carbonyl (C=O) groups is 1. The van der Waals surface area contributed by atoms with Gasteiger partial charge in [-0.15, -0.1) is 0 Å². The molecular weight excluding hydrogens is 269 g/mol. The molecule has 0 saturated carbocycles. The molecule has 1 aromatic rings. The summed E-state index contributed by atoms with van der Waals surface area (Å²) in [7, 11) is 0. The summed E-state index contributed by atoms with van der Waals surface area (Å²) in [6.45, 7) is 0. The van der Waals surface area contributed by atoms with Crippen molar-refractivity contribution in [3.05, 3.63) is 35.4 Å². The molecule has 1 rings (SSSR count). The number of amidine groups is 1. The van der Waals surface area contributed by atoms with Gasteiger partial charge < -0.3 is 10.8 Å². The fraction of sp³-hybridized carbons (Fsp3) is 0.200. The lowest BCUT2D eigenvalue weighted by Crippen LogP contribution is -2.12. The van der Waals surface area contributed by atoms with E-state index in [1.54, 1.807) is 0 Å². The Kier molecular flexibility index (Phi) is 6.24. The molecule has 0 amide bonds. The Balaban J connectivity index is 0.000000494. The van der Waals surface area contributed by atoms with E-state index < -0.39 is 17.7 Å². The molecule has 0 aliphatic heterocycles. The number of carboxylic acids is 1. The molecule has 18 heavy (non-hydrogen) atoms. The summed E-state index contributed by atoms with van der Waals surface area (Å²) in [5.41, 5.74) is 4.62. The number of thiol groups is 1. The Morgan fingerprint density at radius 3 is 1.94 bits per heavy atom. The number of nitrogen functional groups attached to an aromatic ring is 1. The number of alkyl halides is 3. The first kappa shape index (κ1) is 16.3. The first-order valence-electron chi connectivity index (χ1n) is 4.52. The van der Waals surface area contributed by atoms with Gasteiger partial charge in [-0.05, 0) is 12.1 Å². The molecule has 1 aromatic carbocycles. The van der Waals surface area contributed by atoms with Crippen LogP contribution in [0.3, 0.4) is 0 Å². The van der Waals surface area contributed by atoms with Crippen molar-refractivity contribution < 1.29 is 23.1 Å². The largest absolute Gasteiger partial charge is 0.481 e. The van der Waals surface area contributed by atoms with Crippen LogP contribution < -0.4 is 5.73 Å². The van der Waals surface area contributed by atoms with E-state index in [1.807, 2.05) is 0 Å². The van der Waals surface area contributed by atoms with E-state index in [1.165, 1.54) is 12.1 Å². The number of carboxylic acid groups (broad SMARTS) is 1. The van der Waals surface area contributed by atoms with Crippen LogP contribution in [0.5, 0.6) is 0 Å². The van der Waals surface area contributed by atoms with Crippen molar-refractivity contribution in [1.82, 2.24) is 0 Å². The third-order valence-corrected chi connectivity index (χ3v) is 1.93. The lowest BCUT2D eigenvalue weighted by molar-refractivity contribution is -0.137. The molecule has 8 heteroatoms. The zero-order valence-electron chi connectivity index (χ0n) is 9.03. The van der Waals surface area contributed by atoms with E-state index in [9.17, 15) is 18.0 Å². The van der Waals surface area contributed by atoms with Gasteiger partial charge in [0.1, 0.15) is 5.84 Å². The number of nitrogens with two attached hydrogens (primary N) is 1. The van der Waals surface area contributed by atoms with Crippen molar-refractivity contribution in [3.63, 3.8) is 0 Å². The lowest BCUT2D eigenvalue weighted by atomic mass is 10.1. The second-order valence-corrected chi connectivity index (χ2v) is 3.36. The van der Waals surface area contributed by atoms with Gasteiger partial charge in [-0.25, -0.2) is 0 Å². The van der Waals surface area contributed by atoms with Crippen molar-refractivity contribution in [2.24, 2.45) is 5.73 Å². The number of aliphatic carboxylic acids is 1. The maximum Gasteiger partial charge on any atom is 0.416 e. The fourth-order valence-corrected chi connectivity index (χ4v) is 0.839. The van der Waals surface area contributed by atoms with Gasteiger partial charge >= 0.3 is 12.1 Å². The molecule has 0 bridgehead atoms. The van der Waals surface area contributed by atoms with Crippen LogP contribution in [-0.4, -0.2) is 22.7 Å². The van der Waals surface area contributed by atoms with E-state index in [0.29, 0.717) is 0 Å². The van der Waals surface area contributed by atoms with Crippen molar-refractivity contribution in [2.45, 2.75) is 6.18 Å². The fourth-order valence-electron chi connectivity index (χ4n) is 0.839. The monoisotopic (exact) mass is 280 g/mol. The molecular formula is C10H11F3N2O2S. The van der Waals surface area contributed by atoms with Crippen molar-refractivity contribution in [2.75, 3.05) is 5.75 Å². The SMILES string of the molecule is N=C(N)c1ccc(C(F)(F)F)cc1.O=C(O)CS. The minimum atomic E-state index is -4.34. The quantitative estimate of drug-likeness (QED) is 0.379. The normalized spacial score (nSPS) is 10.2. The van der Waals surface area contributed by atoms with Crippen molar-refractivity contribution in [1.29, 1.82) is 5.41 Å². The topological polar surface area (TPSA) is 87.2 Å². The highest BCUT2D eigenvalue weighted by Gasteiger charge is 2.29. The van der Waals surface area contributed by atoms with Crippen LogP contribution in [0.2, 0.25) is 0 Å². The summed E-state index contributed by atoms with van der Waals surface area (Å²) in [5, 5.41) is 14.6. The Morgan fingerprint density at radius 2 is 1.72 bits per heavy atom. The molecule has 4 nitrogen and oxygen atoms in total. The van der Waals surface area contributed by atoms with Crippen LogP contribution in [-0.2, 0) is 11.0 Å². The summed E-state index contributed by atoms with van der Waals surface area (Å²) >= 11 is 3.42. The number of nitrogens with one attached hydrogen (secondary N) is 1. The molecule has 0 aliphatic carbocycles. The van der Waals surface area contributed by atoms with E-state index in [-0.39, 0.29) is 17.2 Å². The summed E-state index contributed by atoms with van der Waals surface area (Å²) in [6.07, 6.45) is -4.34. The van der Waals surface area contributed by atoms with Gasteiger partial charge in [0.2, 0.25) is 0 Å². The number of benzene rings is 1. The van der Waals surface area contributed by atoms with Crippen LogP contribution >= 0.6 is 12.6 Å². The third kappa shape index (κ3) is 6.14. The van der Waals surface area contributed by atoms with Crippen LogP contribution in [0.4, 0.5) is 13.2 Å². The Bertz CT molecular complexity index is 418. The van der Waals surface area contributed by atoms with Gasteiger partial charge in [0.05, 0.1) is 11.3 Å². The van der Waals surface area contributed by atoms with Gasteiger partial charge in [0, 0.05) is 5.56 Å². The van der Waals surface area contributed by atoms with Gasteiger partial charge in [-0.2, -0.15) is 25.8 Å². The van der Waals surface area contributed by atoms with Crippen LogP contribution in [0.15, 0.2) is 24.3 Å². The molecule has 0 unspecified atom stereocenters. The molecule has 0 fully saturated rings. The average Bonchev–Trinajstić information content (AvgIpc) is 2.28. The molecule has 0 spiro atoms. The highest BCUT2D eigenvalue weighted by Crippen LogP contribution is 2.28. The minimum Gasteiger partial charge on any atom is -0.481 e. The number of rotatable bonds is 2. The third-order valence-electron chi connectivity index (χ3n) is 1.66. The summed E-state index contributed by atoms with van der Waals surface area (Å²) in [4.78, 5) is 9.29. The maximum absolute atomic E-state index is 12.0. The zero-order chi connectivity index (χ0) is 14.3. The van der Waals surface area contributed by atoms with Gasteiger partial charge in [0.15, 0.2) is 0 Å². The molecule has 0 aliphatic rings. The van der Waals surface area contributed by atoms with Gasteiger partial charge in [-0.1, -0.05) is 12.1 Å². The highest BCUT2D eigenvalue weighted by molar-refractivity contribution is 7.81. The maximum atomic E-state index is 12.0. The molecule has 100 valence electrons. The Labute approximate surface area is 107 Å². The second kappa shape index (κ2) is 6.90. The summed E-state index contributed by atoms with van der Waals surface area (Å²) < 4.78 is 36.1. The minimum absolute atomic E-state index is 0.0833. The second-order valence-electron chi connectivity index (χ2n) is 3.04. The molecule has 4 N–H and O–H groups in total. The van der Waals surface area contributed by atoms with Crippen molar-refractivity contribution in [3.8, 4) is 0 Å². The van der Waals surface area contributed by atoms with Crippen LogP contribution in [0.1, 0.15) is 11.1 Å². The first-order chi connectivity index (χ1) is 8.18. The van der Waals surface area contributed by atoms with E-state index >= 15 is 0 Å². The molecule has 0 radical (unpaired) electrons. The average molecular weight is 280 g/mol. The van der Waals surface area contributed by atoms with Crippen LogP contribution in [0.25, 0.3) is 0 Å². The number of halogens is 3. The highest BCUT2D eigenvalue weighted by atomic mass is 32.1. The van der Waals surface area contributed by atoms with E-state index in [0.717, 1.165) is 12.1 Å². The molecule has 0 heterocycles. The van der Waals surface area contributed by atoms with Crippen molar-refractivity contribution >= 4 is 24.4 Å². The van der Waals surface area contributed by atoms with Gasteiger partial charge in [-0.3, -0.25) is 10.2 Å². The smallest absolute Gasteiger partial charge is 0.416 e. The lowest BCUT2D eigenvalue weighted by Gasteiger charge is -2.06. The van der Waals surface area contributed by atoms with E-state index in [4.69, 9.17) is 16.2 Å². The number of hydrogen-bond donors (Lipinski definition) is 4. The molecule has 0 saturated heterocycles. The summed E-state index contributed by atoms with van der Waals surface area (Å²) in [5.74, 6) is -1.21.